The zero-order chi connectivity index (χ0) is 8.69. The Bertz CT molecular complexity index is 107. The molecule has 66 valence electrons. The summed E-state index contributed by atoms with van der Waals surface area (Å²) in [7, 11) is 0. The summed E-state index contributed by atoms with van der Waals surface area (Å²) in [6, 6.07) is 0.583. The number of rotatable bonds is 6. The molecule has 0 aliphatic heterocycles. The number of allylic oxidation sites excluding steroid dienone is 1. The largest absolute Gasteiger partial charge is 0.386 e. The first-order valence-corrected chi connectivity index (χ1v) is 4.65. The Kier molecular flexibility index (Phi) is 6.00. The van der Waals surface area contributed by atoms with Gasteiger partial charge in [0, 0.05) is 11.7 Å². The first kappa shape index (κ1) is 10.5. The van der Waals surface area contributed by atoms with E-state index in [0.29, 0.717) is 6.04 Å². The highest BCUT2D eigenvalue weighted by molar-refractivity contribution is 4.92. The van der Waals surface area contributed by atoms with Crippen LogP contribution in [-0.2, 0) is 0 Å². The lowest BCUT2D eigenvalue weighted by Gasteiger charge is -2.14. The van der Waals surface area contributed by atoms with Gasteiger partial charge in [-0.3, -0.25) is 0 Å². The van der Waals surface area contributed by atoms with Crippen molar-refractivity contribution in [3.63, 3.8) is 0 Å². The summed E-state index contributed by atoms with van der Waals surface area (Å²) in [6.07, 6.45) is 4.80. The van der Waals surface area contributed by atoms with Gasteiger partial charge in [-0.15, -0.1) is 0 Å². The molecule has 1 heteroatoms. The van der Waals surface area contributed by atoms with Crippen LogP contribution in [0.15, 0.2) is 12.3 Å². The molecule has 0 saturated heterocycles. The van der Waals surface area contributed by atoms with Gasteiger partial charge >= 0.3 is 0 Å². The van der Waals surface area contributed by atoms with Crippen LogP contribution < -0.4 is 5.32 Å². The second kappa shape index (κ2) is 6.26. The molecule has 0 aliphatic carbocycles. The van der Waals surface area contributed by atoms with Crippen molar-refractivity contribution >= 4 is 0 Å². The lowest BCUT2D eigenvalue weighted by atomic mass is 10.2. The van der Waals surface area contributed by atoms with Gasteiger partial charge in [0.1, 0.15) is 0 Å². The standard InChI is InChI=1S/C10H21N/c1-5-7-8-10(4)11-9(3)6-2/h9,11H,4-8H2,1-3H3. The highest BCUT2D eigenvalue weighted by atomic mass is 14.9. The van der Waals surface area contributed by atoms with Crippen LogP contribution in [0.3, 0.4) is 0 Å². The highest BCUT2D eigenvalue weighted by Gasteiger charge is 1.97. The molecule has 0 aromatic rings. The van der Waals surface area contributed by atoms with Crippen molar-refractivity contribution in [2.75, 3.05) is 0 Å². The van der Waals surface area contributed by atoms with Crippen LogP contribution >= 0.6 is 0 Å². The quantitative estimate of drug-likeness (QED) is 0.621. The average Bonchev–Trinajstić information content (AvgIpc) is 2.00. The molecule has 0 radical (unpaired) electrons. The molecular formula is C10H21N. The van der Waals surface area contributed by atoms with E-state index in [1.54, 1.807) is 0 Å². The van der Waals surface area contributed by atoms with Crippen LogP contribution in [0.25, 0.3) is 0 Å². The zero-order valence-corrected chi connectivity index (χ0v) is 8.11. The number of hydrogen-bond acceptors (Lipinski definition) is 1. The minimum Gasteiger partial charge on any atom is -0.386 e. The fourth-order valence-electron chi connectivity index (χ4n) is 0.913. The zero-order valence-electron chi connectivity index (χ0n) is 8.11. The second-order valence-corrected chi connectivity index (χ2v) is 3.16. The van der Waals surface area contributed by atoms with Crippen molar-refractivity contribution in [1.29, 1.82) is 0 Å². The Balaban J connectivity index is 3.36. The van der Waals surface area contributed by atoms with E-state index in [1.807, 2.05) is 0 Å². The van der Waals surface area contributed by atoms with E-state index in [2.05, 4.69) is 32.7 Å². The Morgan fingerprint density at radius 2 is 2.09 bits per heavy atom. The van der Waals surface area contributed by atoms with Crippen LogP contribution in [0.5, 0.6) is 0 Å². The number of nitrogens with one attached hydrogen (secondary N) is 1. The Morgan fingerprint density at radius 3 is 2.55 bits per heavy atom. The SMILES string of the molecule is C=C(CCCC)NC(C)CC. The highest BCUT2D eigenvalue weighted by Crippen LogP contribution is 2.03. The number of unbranched alkanes of at least 4 members (excludes halogenated alkanes) is 1. The first-order chi connectivity index (χ1) is 5.20. The molecule has 1 unspecified atom stereocenters. The molecule has 0 heterocycles. The van der Waals surface area contributed by atoms with E-state index in [9.17, 15) is 0 Å². The summed E-state index contributed by atoms with van der Waals surface area (Å²) in [6.45, 7) is 10.6. The molecule has 1 N–H and O–H groups in total. The van der Waals surface area contributed by atoms with E-state index >= 15 is 0 Å². The van der Waals surface area contributed by atoms with E-state index in [0.717, 1.165) is 6.42 Å². The smallest absolute Gasteiger partial charge is 0.0227 e. The van der Waals surface area contributed by atoms with Crippen molar-refractivity contribution < 1.29 is 0 Å². The minimum atomic E-state index is 0.583. The molecule has 0 rings (SSSR count). The molecule has 0 saturated carbocycles. The first-order valence-electron chi connectivity index (χ1n) is 4.65. The summed E-state index contributed by atoms with van der Waals surface area (Å²) < 4.78 is 0. The van der Waals surface area contributed by atoms with E-state index in [1.165, 1.54) is 25.0 Å². The normalized spacial score (nSPS) is 12.6. The van der Waals surface area contributed by atoms with Gasteiger partial charge in [0.25, 0.3) is 0 Å². The fourth-order valence-corrected chi connectivity index (χ4v) is 0.913. The Morgan fingerprint density at radius 1 is 1.45 bits per heavy atom. The van der Waals surface area contributed by atoms with Gasteiger partial charge in [0.15, 0.2) is 0 Å². The van der Waals surface area contributed by atoms with Gasteiger partial charge in [-0.2, -0.15) is 0 Å². The van der Waals surface area contributed by atoms with Crippen LogP contribution in [0.4, 0.5) is 0 Å². The maximum absolute atomic E-state index is 3.97. The van der Waals surface area contributed by atoms with Crippen LogP contribution in [0.1, 0.15) is 46.5 Å². The fraction of sp³-hybridized carbons (Fsp3) is 0.800. The molecule has 0 amide bonds. The van der Waals surface area contributed by atoms with E-state index < -0.39 is 0 Å². The predicted molar refractivity (Wildman–Crippen MR) is 51.6 cm³/mol. The Hall–Kier alpha value is -0.460. The third kappa shape index (κ3) is 5.96. The Labute approximate surface area is 70.9 Å². The second-order valence-electron chi connectivity index (χ2n) is 3.16. The molecule has 0 fully saturated rings. The van der Waals surface area contributed by atoms with Crippen LogP contribution in [0, 0.1) is 0 Å². The molecular weight excluding hydrogens is 134 g/mol. The maximum atomic E-state index is 3.97. The topological polar surface area (TPSA) is 12.0 Å². The predicted octanol–water partition coefficient (Wildman–Crippen LogP) is 3.08. The summed E-state index contributed by atoms with van der Waals surface area (Å²) >= 11 is 0. The van der Waals surface area contributed by atoms with E-state index in [-0.39, 0.29) is 0 Å². The maximum Gasteiger partial charge on any atom is 0.0227 e. The minimum absolute atomic E-state index is 0.583. The molecule has 1 nitrogen and oxygen atoms in total. The van der Waals surface area contributed by atoms with Gasteiger partial charge < -0.3 is 5.32 Å². The van der Waals surface area contributed by atoms with Gasteiger partial charge in [0.2, 0.25) is 0 Å². The molecule has 11 heavy (non-hydrogen) atoms. The van der Waals surface area contributed by atoms with Crippen molar-refractivity contribution in [1.82, 2.24) is 5.32 Å². The molecule has 0 aromatic heterocycles. The summed E-state index contributed by atoms with van der Waals surface area (Å²) in [5.41, 5.74) is 1.20. The number of hydrogen-bond donors (Lipinski definition) is 1. The third-order valence-corrected chi connectivity index (χ3v) is 1.90. The van der Waals surface area contributed by atoms with Crippen LogP contribution in [0.2, 0.25) is 0 Å². The lowest BCUT2D eigenvalue weighted by molar-refractivity contribution is 0.572. The molecule has 0 bridgehead atoms. The molecule has 1 atom stereocenters. The van der Waals surface area contributed by atoms with E-state index in [4.69, 9.17) is 0 Å². The third-order valence-electron chi connectivity index (χ3n) is 1.90. The summed E-state index contributed by atoms with van der Waals surface area (Å²) in [5.74, 6) is 0. The average molecular weight is 155 g/mol. The van der Waals surface area contributed by atoms with Crippen molar-refractivity contribution in [2.24, 2.45) is 0 Å². The van der Waals surface area contributed by atoms with Gasteiger partial charge in [-0.05, 0) is 26.2 Å². The summed E-state index contributed by atoms with van der Waals surface area (Å²) in [5, 5.41) is 3.37. The molecule has 0 spiro atoms. The van der Waals surface area contributed by atoms with Crippen molar-refractivity contribution in [3.05, 3.63) is 12.3 Å². The van der Waals surface area contributed by atoms with Crippen LogP contribution in [-0.4, -0.2) is 6.04 Å². The lowest BCUT2D eigenvalue weighted by Crippen LogP contribution is -2.23. The van der Waals surface area contributed by atoms with Gasteiger partial charge in [0.05, 0.1) is 0 Å². The molecule has 0 aromatic carbocycles. The van der Waals surface area contributed by atoms with Gasteiger partial charge in [-0.25, -0.2) is 0 Å². The molecule has 0 aliphatic rings. The monoisotopic (exact) mass is 155 g/mol. The summed E-state index contributed by atoms with van der Waals surface area (Å²) in [4.78, 5) is 0. The van der Waals surface area contributed by atoms with Crippen molar-refractivity contribution in [3.8, 4) is 0 Å². The van der Waals surface area contributed by atoms with Gasteiger partial charge in [-0.1, -0.05) is 26.8 Å². The van der Waals surface area contributed by atoms with Crippen molar-refractivity contribution in [2.45, 2.75) is 52.5 Å².